The van der Waals surface area contributed by atoms with Gasteiger partial charge in [-0.25, -0.2) is 0 Å². The Hall–Kier alpha value is -0.930. The van der Waals surface area contributed by atoms with Gasteiger partial charge in [0.15, 0.2) is 0 Å². The quantitative estimate of drug-likeness (QED) is 0.373. The third-order valence-electron chi connectivity index (χ3n) is 1.58. The molecule has 0 saturated heterocycles. The minimum Gasteiger partial charge on any atom is -0.550 e. The summed E-state index contributed by atoms with van der Waals surface area (Å²) in [7, 11) is 0. The van der Waals surface area contributed by atoms with Gasteiger partial charge < -0.3 is 41.2 Å². The van der Waals surface area contributed by atoms with Crippen LogP contribution in [-0.2, 0) is 36.8 Å². The third kappa shape index (κ3) is 52.6. The standard InChI is InChI=1S/3C4H8O2.C2H8N2.Au/c3*1-3(2)4(5)6;3-1-2-4;/h3*3H,1-2H3,(H,5,6);1-4H2;/q;;;;+3/p-3. The number of hydrogen-bond acceptors (Lipinski definition) is 8. The van der Waals surface area contributed by atoms with Crippen LogP contribution in [0.4, 0.5) is 0 Å². The van der Waals surface area contributed by atoms with Gasteiger partial charge in [-0.2, -0.15) is 0 Å². The van der Waals surface area contributed by atoms with Gasteiger partial charge in [-0.15, -0.1) is 0 Å². The number of aliphatic carboxylic acids is 3. The van der Waals surface area contributed by atoms with Crippen LogP contribution in [0.3, 0.4) is 0 Å². The Bertz CT molecular complexity index is 252. The molecule has 23 heavy (non-hydrogen) atoms. The van der Waals surface area contributed by atoms with Crippen LogP contribution in [0.2, 0.25) is 0 Å². The molecular formula is C14H29AuN2O6. The molecule has 0 aromatic rings. The van der Waals surface area contributed by atoms with Gasteiger partial charge in [-0.3, -0.25) is 0 Å². The molecule has 0 rings (SSSR count). The van der Waals surface area contributed by atoms with Gasteiger partial charge in [0, 0.05) is 31.0 Å². The summed E-state index contributed by atoms with van der Waals surface area (Å²) in [4.78, 5) is 28.8. The molecule has 0 atom stereocenters. The van der Waals surface area contributed by atoms with Crippen LogP contribution in [0, 0.1) is 17.8 Å². The average molecular weight is 518 g/mol. The number of hydrogen-bond donors (Lipinski definition) is 2. The Balaban J connectivity index is -0.0000000624. The minimum atomic E-state index is -0.991. The molecule has 0 radical (unpaired) electrons. The van der Waals surface area contributed by atoms with Crippen molar-refractivity contribution in [3.8, 4) is 0 Å². The summed E-state index contributed by atoms with van der Waals surface area (Å²) < 4.78 is 0. The SMILES string of the molecule is CC(C)C(=O)[O-].CC(C)C(=O)[O-].CC(C)C(=O)[O-].NCCN.[Au+3]. The summed E-state index contributed by atoms with van der Waals surface area (Å²) in [6, 6.07) is 0. The van der Waals surface area contributed by atoms with Gasteiger partial charge in [0.1, 0.15) is 0 Å². The van der Waals surface area contributed by atoms with E-state index in [1.54, 1.807) is 41.5 Å². The largest absolute Gasteiger partial charge is 3.00 e. The monoisotopic (exact) mass is 518 g/mol. The minimum absolute atomic E-state index is 0. The molecule has 0 bridgehead atoms. The van der Waals surface area contributed by atoms with E-state index in [1.807, 2.05) is 0 Å². The number of carboxylic acid groups (broad SMARTS) is 3. The third-order valence-corrected chi connectivity index (χ3v) is 1.58. The summed E-state index contributed by atoms with van der Waals surface area (Å²) in [5, 5.41) is 28.8. The van der Waals surface area contributed by atoms with Crippen LogP contribution in [0.5, 0.6) is 0 Å². The molecule has 0 amide bonds. The number of carboxylic acids is 3. The molecule has 0 aliphatic rings. The van der Waals surface area contributed by atoms with E-state index in [9.17, 15) is 29.7 Å². The van der Waals surface area contributed by atoms with Crippen molar-refractivity contribution in [3.63, 3.8) is 0 Å². The Labute approximate surface area is 154 Å². The fourth-order valence-corrected chi connectivity index (χ4v) is 0. The Kier molecular flexibility index (Phi) is 34.1. The van der Waals surface area contributed by atoms with Crippen molar-refractivity contribution < 1.29 is 52.1 Å². The topological polar surface area (TPSA) is 172 Å². The molecule has 142 valence electrons. The predicted molar refractivity (Wildman–Crippen MR) is 77.6 cm³/mol. The fraction of sp³-hybridized carbons (Fsp3) is 0.786. The van der Waals surface area contributed by atoms with Crippen LogP contribution in [-0.4, -0.2) is 31.0 Å². The smallest absolute Gasteiger partial charge is 0.550 e. The zero-order valence-electron chi connectivity index (χ0n) is 14.6. The van der Waals surface area contributed by atoms with Crippen molar-refractivity contribution in [2.24, 2.45) is 29.2 Å². The van der Waals surface area contributed by atoms with Gasteiger partial charge >= 0.3 is 22.4 Å². The molecule has 0 unspecified atom stereocenters. The maximum absolute atomic E-state index is 9.59. The molecule has 0 saturated carbocycles. The van der Waals surface area contributed by atoms with Crippen molar-refractivity contribution in [1.29, 1.82) is 0 Å². The maximum atomic E-state index is 9.59. The first-order valence-electron chi connectivity index (χ1n) is 6.87. The second kappa shape index (κ2) is 23.3. The molecule has 0 spiro atoms. The summed E-state index contributed by atoms with van der Waals surface area (Å²) in [5.41, 5.74) is 9.81. The summed E-state index contributed by atoms with van der Waals surface area (Å²) in [6.45, 7) is 10.7. The van der Waals surface area contributed by atoms with Gasteiger partial charge in [0.2, 0.25) is 0 Å². The molecule has 0 aromatic heterocycles. The van der Waals surface area contributed by atoms with Crippen LogP contribution in [0.25, 0.3) is 0 Å². The van der Waals surface area contributed by atoms with Gasteiger partial charge in [-0.1, -0.05) is 41.5 Å². The van der Waals surface area contributed by atoms with E-state index < -0.39 is 17.9 Å². The molecule has 4 N–H and O–H groups in total. The molecule has 9 heteroatoms. The predicted octanol–water partition coefficient (Wildman–Crippen LogP) is -2.92. The zero-order valence-corrected chi connectivity index (χ0v) is 16.7. The molecule has 0 aliphatic carbocycles. The first-order valence-corrected chi connectivity index (χ1v) is 6.87. The summed E-state index contributed by atoms with van der Waals surface area (Å²) in [6.07, 6.45) is 0. The Morgan fingerprint density at radius 2 is 0.739 bits per heavy atom. The first kappa shape index (κ1) is 33.6. The van der Waals surface area contributed by atoms with Crippen molar-refractivity contribution in [3.05, 3.63) is 0 Å². The first-order chi connectivity index (χ1) is 9.84. The average Bonchev–Trinajstić information content (AvgIpc) is 2.39. The Morgan fingerprint density at radius 3 is 0.739 bits per heavy atom. The fourth-order valence-electron chi connectivity index (χ4n) is 0. The second-order valence-corrected chi connectivity index (χ2v) is 5.00. The van der Waals surface area contributed by atoms with Crippen molar-refractivity contribution >= 4 is 17.9 Å². The van der Waals surface area contributed by atoms with Gasteiger partial charge in [0.05, 0.1) is 0 Å². The van der Waals surface area contributed by atoms with Crippen LogP contribution in [0.15, 0.2) is 0 Å². The molecule has 0 aliphatic heterocycles. The van der Waals surface area contributed by atoms with E-state index in [2.05, 4.69) is 0 Å². The van der Waals surface area contributed by atoms with E-state index >= 15 is 0 Å². The molecule has 0 fully saturated rings. The Morgan fingerprint density at radius 1 is 0.652 bits per heavy atom. The second-order valence-electron chi connectivity index (χ2n) is 5.00. The van der Waals surface area contributed by atoms with Crippen LogP contribution in [0.1, 0.15) is 41.5 Å². The van der Waals surface area contributed by atoms with E-state index in [4.69, 9.17) is 11.5 Å². The van der Waals surface area contributed by atoms with E-state index in [0.717, 1.165) is 0 Å². The number of rotatable bonds is 4. The molecule has 8 nitrogen and oxygen atoms in total. The van der Waals surface area contributed by atoms with Crippen molar-refractivity contribution in [2.75, 3.05) is 13.1 Å². The van der Waals surface area contributed by atoms with E-state index in [-0.39, 0.29) is 40.1 Å². The number of carbonyl (C=O) groups is 3. The number of carbonyl (C=O) groups excluding carboxylic acids is 3. The van der Waals surface area contributed by atoms with E-state index in [1.165, 1.54) is 0 Å². The zero-order chi connectivity index (χ0) is 18.9. The van der Waals surface area contributed by atoms with Gasteiger partial charge in [-0.05, 0) is 17.8 Å². The van der Waals surface area contributed by atoms with E-state index in [0.29, 0.717) is 13.1 Å². The van der Waals surface area contributed by atoms with Crippen molar-refractivity contribution in [1.82, 2.24) is 0 Å². The van der Waals surface area contributed by atoms with Crippen LogP contribution >= 0.6 is 0 Å². The summed E-state index contributed by atoms with van der Waals surface area (Å²) >= 11 is 0. The number of nitrogens with two attached hydrogens (primary N) is 2. The maximum Gasteiger partial charge on any atom is 3.00 e. The molecular weight excluding hydrogens is 489 g/mol. The molecule has 0 heterocycles. The van der Waals surface area contributed by atoms with Gasteiger partial charge in [0.25, 0.3) is 0 Å². The normalized spacial score (nSPS) is 8.48. The van der Waals surface area contributed by atoms with Crippen molar-refractivity contribution in [2.45, 2.75) is 41.5 Å². The summed E-state index contributed by atoms with van der Waals surface area (Å²) in [5.74, 6) is -4.00. The molecule has 0 aromatic carbocycles. The van der Waals surface area contributed by atoms with Crippen LogP contribution < -0.4 is 26.8 Å².